The highest BCUT2D eigenvalue weighted by atomic mass is 35.5. The summed E-state index contributed by atoms with van der Waals surface area (Å²) in [5, 5.41) is 3.66. The van der Waals surface area contributed by atoms with Gasteiger partial charge in [-0.1, -0.05) is 4.49 Å². The van der Waals surface area contributed by atoms with E-state index in [1.54, 1.807) is 4.90 Å². The van der Waals surface area contributed by atoms with Crippen LogP contribution in [0.1, 0.15) is 16.6 Å². The molecule has 0 spiro atoms. The summed E-state index contributed by atoms with van der Waals surface area (Å²) in [5.41, 5.74) is 0. The second-order valence-corrected chi connectivity index (χ2v) is 4.81. The first-order valence-corrected chi connectivity index (χ1v) is 6.29. The van der Waals surface area contributed by atoms with Gasteiger partial charge in [-0.15, -0.1) is 16.7 Å². The number of nitrogens with zero attached hydrogens (tertiary/aromatic N) is 3. The van der Waals surface area contributed by atoms with Gasteiger partial charge in [0.2, 0.25) is 0 Å². The van der Waals surface area contributed by atoms with Crippen LogP contribution in [0.25, 0.3) is 0 Å². The monoisotopic (exact) mass is 261 g/mol. The van der Waals surface area contributed by atoms with Crippen LogP contribution >= 0.6 is 23.1 Å². The van der Waals surface area contributed by atoms with E-state index >= 15 is 0 Å². The number of alkyl halides is 1. The molecule has 2 heterocycles. The number of carbonyl (C=O) groups excluding carboxylic acids is 1. The van der Waals surface area contributed by atoms with Crippen LogP contribution in [0.5, 0.6) is 0 Å². The van der Waals surface area contributed by atoms with Gasteiger partial charge in [0.25, 0.3) is 5.91 Å². The number of hydrogen-bond acceptors (Lipinski definition) is 5. The number of morpholine rings is 1. The van der Waals surface area contributed by atoms with Crippen molar-refractivity contribution >= 4 is 29.0 Å². The molecule has 0 bridgehead atoms. The Labute approximate surface area is 103 Å². The zero-order valence-corrected chi connectivity index (χ0v) is 10.4. The summed E-state index contributed by atoms with van der Waals surface area (Å²) in [6.45, 7) is 3.05. The van der Waals surface area contributed by atoms with Crippen molar-refractivity contribution in [2.45, 2.75) is 19.1 Å². The van der Waals surface area contributed by atoms with Gasteiger partial charge < -0.3 is 9.64 Å². The maximum atomic E-state index is 12.0. The molecule has 1 aliphatic heterocycles. The lowest BCUT2D eigenvalue weighted by Crippen LogP contribution is -2.49. The minimum absolute atomic E-state index is 0.0160. The van der Waals surface area contributed by atoms with Crippen molar-refractivity contribution in [1.29, 1.82) is 0 Å². The van der Waals surface area contributed by atoms with E-state index in [1.807, 2.05) is 6.92 Å². The van der Waals surface area contributed by atoms with Crippen molar-refractivity contribution in [3.05, 3.63) is 11.1 Å². The smallest absolute Gasteiger partial charge is 0.267 e. The highest BCUT2D eigenvalue weighted by Gasteiger charge is 2.29. The maximum absolute atomic E-state index is 12.0. The Morgan fingerprint density at radius 3 is 3.19 bits per heavy atom. The average molecular weight is 262 g/mol. The Balaban J connectivity index is 2.06. The van der Waals surface area contributed by atoms with Gasteiger partial charge >= 0.3 is 0 Å². The fraction of sp³-hybridized carbons (Fsp3) is 0.667. The SMILES string of the molecule is CC1CN(C(=O)c2cnns2)CC(CCl)O1. The normalized spacial score (nSPS) is 25.8. The molecule has 1 aromatic heterocycles. The molecule has 5 nitrogen and oxygen atoms in total. The van der Waals surface area contributed by atoms with Crippen LogP contribution in [0.4, 0.5) is 0 Å². The van der Waals surface area contributed by atoms with Crippen molar-refractivity contribution in [3.63, 3.8) is 0 Å². The van der Waals surface area contributed by atoms with Crippen LogP contribution in [0, 0.1) is 0 Å². The van der Waals surface area contributed by atoms with Crippen LogP contribution in [-0.4, -0.2) is 51.6 Å². The number of aromatic nitrogens is 2. The van der Waals surface area contributed by atoms with Crippen LogP contribution in [0.3, 0.4) is 0 Å². The second kappa shape index (κ2) is 5.07. The van der Waals surface area contributed by atoms with Crippen LogP contribution in [-0.2, 0) is 4.74 Å². The Bertz CT molecular complexity index is 360. The predicted molar refractivity (Wildman–Crippen MR) is 60.9 cm³/mol. The lowest BCUT2D eigenvalue weighted by Gasteiger charge is -2.35. The van der Waals surface area contributed by atoms with Gasteiger partial charge in [-0.05, 0) is 18.5 Å². The zero-order chi connectivity index (χ0) is 11.5. The predicted octanol–water partition coefficient (Wildman–Crippen LogP) is 1.01. The Kier molecular flexibility index (Phi) is 3.73. The molecular weight excluding hydrogens is 250 g/mol. The molecule has 2 unspecified atom stereocenters. The van der Waals surface area contributed by atoms with Crippen molar-refractivity contribution in [3.8, 4) is 0 Å². The Morgan fingerprint density at radius 2 is 2.56 bits per heavy atom. The van der Waals surface area contributed by atoms with Crippen molar-refractivity contribution < 1.29 is 9.53 Å². The summed E-state index contributed by atoms with van der Waals surface area (Å²) in [6.07, 6.45) is 1.42. The zero-order valence-electron chi connectivity index (χ0n) is 8.80. The molecule has 2 rings (SSSR count). The summed E-state index contributed by atoms with van der Waals surface area (Å²) in [7, 11) is 0. The molecule has 0 aliphatic carbocycles. The number of carbonyl (C=O) groups is 1. The van der Waals surface area contributed by atoms with Crippen LogP contribution in [0.15, 0.2) is 6.20 Å². The van der Waals surface area contributed by atoms with E-state index in [-0.39, 0.29) is 18.1 Å². The molecule has 0 radical (unpaired) electrons. The van der Waals surface area contributed by atoms with Crippen molar-refractivity contribution in [1.82, 2.24) is 14.5 Å². The number of rotatable bonds is 2. The summed E-state index contributed by atoms with van der Waals surface area (Å²) in [4.78, 5) is 14.3. The minimum Gasteiger partial charge on any atom is -0.370 e. The lowest BCUT2D eigenvalue weighted by molar-refractivity contribution is -0.0569. The molecule has 88 valence electrons. The molecule has 2 atom stereocenters. The summed E-state index contributed by atoms with van der Waals surface area (Å²) >= 11 is 6.86. The Hall–Kier alpha value is -0.720. The van der Waals surface area contributed by atoms with E-state index in [2.05, 4.69) is 9.59 Å². The van der Waals surface area contributed by atoms with Gasteiger partial charge in [0.1, 0.15) is 4.88 Å². The standard InChI is InChI=1S/C9H12ClN3O2S/c1-6-4-13(5-7(2-10)15-6)9(14)8-3-11-12-16-8/h3,6-7H,2,4-5H2,1H3. The number of amides is 1. The van der Waals surface area contributed by atoms with E-state index in [1.165, 1.54) is 6.20 Å². The summed E-state index contributed by atoms with van der Waals surface area (Å²) in [5.74, 6) is 0.356. The fourth-order valence-corrected chi connectivity index (χ4v) is 2.37. The average Bonchev–Trinajstić information content (AvgIpc) is 2.80. The first kappa shape index (κ1) is 11.8. The van der Waals surface area contributed by atoms with Gasteiger partial charge in [0.05, 0.1) is 24.3 Å². The van der Waals surface area contributed by atoms with Gasteiger partial charge in [0.15, 0.2) is 0 Å². The molecule has 0 N–H and O–H groups in total. The molecule has 0 aromatic carbocycles. The molecule has 1 aromatic rings. The Morgan fingerprint density at radius 1 is 1.75 bits per heavy atom. The summed E-state index contributed by atoms with van der Waals surface area (Å²) < 4.78 is 9.26. The van der Waals surface area contributed by atoms with E-state index in [0.717, 1.165) is 11.5 Å². The van der Waals surface area contributed by atoms with Crippen molar-refractivity contribution in [2.75, 3.05) is 19.0 Å². The van der Waals surface area contributed by atoms with Gasteiger partial charge in [0, 0.05) is 13.1 Å². The molecular formula is C9H12ClN3O2S. The highest BCUT2D eigenvalue weighted by Crippen LogP contribution is 2.16. The van der Waals surface area contributed by atoms with Gasteiger partial charge in [-0.3, -0.25) is 4.79 Å². The molecule has 7 heteroatoms. The third-order valence-electron chi connectivity index (χ3n) is 2.36. The first-order chi connectivity index (χ1) is 7.70. The minimum atomic E-state index is -0.0877. The number of halogens is 1. The third-order valence-corrected chi connectivity index (χ3v) is 3.35. The molecule has 0 saturated carbocycles. The molecule has 1 amide bonds. The number of ether oxygens (including phenoxy) is 1. The maximum Gasteiger partial charge on any atom is 0.267 e. The van der Waals surface area contributed by atoms with Gasteiger partial charge in [-0.2, -0.15) is 0 Å². The topological polar surface area (TPSA) is 55.3 Å². The molecule has 1 saturated heterocycles. The molecule has 16 heavy (non-hydrogen) atoms. The quantitative estimate of drug-likeness (QED) is 0.746. The summed E-state index contributed by atoms with van der Waals surface area (Å²) in [6, 6.07) is 0. The van der Waals surface area contributed by atoms with Gasteiger partial charge in [-0.25, -0.2) is 0 Å². The fourth-order valence-electron chi connectivity index (χ4n) is 1.71. The lowest BCUT2D eigenvalue weighted by atomic mass is 10.2. The first-order valence-electron chi connectivity index (χ1n) is 4.98. The largest absolute Gasteiger partial charge is 0.370 e. The van der Waals surface area contributed by atoms with Crippen LogP contribution in [0.2, 0.25) is 0 Å². The molecule has 1 aliphatic rings. The van der Waals surface area contributed by atoms with E-state index in [9.17, 15) is 4.79 Å². The van der Waals surface area contributed by atoms with E-state index < -0.39 is 0 Å². The van der Waals surface area contributed by atoms with Crippen LogP contribution < -0.4 is 0 Å². The number of hydrogen-bond donors (Lipinski definition) is 0. The molecule has 1 fully saturated rings. The second-order valence-electron chi connectivity index (χ2n) is 3.71. The highest BCUT2D eigenvalue weighted by molar-refractivity contribution is 7.07. The third kappa shape index (κ3) is 2.50. The van der Waals surface area contributed by atoms with E-state index in [4.69, 9.17) is 16.3 Å². The van der Waals surface area contributed by atoms with E-state index in [0.29, 0.717) is 23.8 Å². The van der Waals surface area contributed by atoms with Crippen molar-refractivity contribution in [2.24, 2.45) is 0 Å².